The van der Waals surface area contributed by atoms with Gasteiger partial charge in [0.15, 0.2) is 0 Å². The Hall–Kier alpha value is -3.94. The van der Waals surface area contributed by atoms with Crippen LogP contribution in [0.2, 0.25) is 5.02 Å². The third-order valence-electron chi connectivity index (χ3n) is 4.93. The monoisotopic (exact) mass is 446 g/mol. The molecule has 8 heteroatoms. The highest BCUT2D eigenvalue weighted by Crippen LogP contribution is 2.31. The van der Waals surface area contributed by atoms with Crippen LogP contribution in [0.1, 0.15) is 15.9 Å². The van der Waals surface area contributed by atoms with Crippen molar-refractivity contribution in [2.45, 2.75) is 6.54 Å². The van der Waals surface area contributed by atoms with Gasteiger partial charge in [-0.1, -0.05) is 54.1 Å². The van der Waals surface area contributed by atoms with Crippen LogP contribution in [0, 0.1) is 0 Å². The molecular formula is C24H19ClN4O3. The molecule has 32 heavy (non-hydrogen) atoms. The summed E-state index contributed by atoms with van der Waals surface area (Å²) in [6.45, 7) is 0.211. The van der Waals surface area contributed by atoms with Crippen LogP contribution >= 0.6 is 11.6 Å². The number of hydrogen-bond donors (Lipinski definition) is 4. The number of amides is 3. The quantitative estimate of drug-likeness (QED) is 0.256. The summed E-state index contributed by atoms with van der Waals surface area (Å²) < 4.78 is 0. The van der Waals surface area contributed by atoms with E-state index in [1.165, 1.54) is 0 Å². The highest BCUT2D eigenvalue weighted by Gasteiger charge is 2.15. The van der Waals surface area contributed by atoms with Crippen LogP contribution in [-0.4, -0.2) is 22.1 Å². The number of nitrogens with one attached hydrogen (secondary N) is 3. The summed E-state index contributed by atoms with van der Waals surface area (Å²) in [5, 5.41) is 16.1. The zero-order valence-electron chi connectivity index (χ0n) is 16.8. The van der Waals surface area contributed by atoms with Crippen LogP contribution in [0.4, 0.5) is 10.5 Å². The molecule has 0 saturated carbocycles. The van der Waals surface area contributed by atoms with Crippen LogP contribution in [0.25, 0.3) is 22.0 Å². The molecule has 0 bridgehead atoms. The molecule has 3 amide bonds. The van der Waals surface area contributed by atoms with E-state index in [-0.39, 0.29) is 18.1 Å². The Morgan fingerprint density at radius 2 is 1.75 bits per heavy atom. The SMILES string of the molecule is O=C(NCc1ccc(C(=O)NO)c(-c2ccccc2Cl)c1)Nc1cccc2cccnc12. The lowest BCUT2D eigenvalue weighted by Gasteiger charge is -2.13. The van der Waals surface area contributed by atoms with Gasteiger partial charge >= 0.3 is 6.03 Å². The predicted molar refractivity (Wildman–Crippen MR) is 124 cm³/mol. The molecule has 3 aromatic carbocycles. The molecule has 0 radical (unpaired) electrons. The predicted octanol–water partition coefficient (Wildman–Crippen LogP) is 5.00. The molecule has 4 aromatic rings. The Labute approximate surface area is 189 Å². The summed E-state index contributed by atoms with van der Waals surface area (Å²) >= 11 is 6.32. The van der Waals surface area contributed by atoms with Crippen molar-refractivity contribution in [3.05, 3.63) is 95.1 Å². The lowest BCUT2D eigenvalue weighted by Crippen LogP contribution is -2.28. The fourth-order valence-electron chi connectivity index (χ4n) is 3.42. The first-order chi connectivity index (χ1) is 15.6. The average molecular weight is 447 g/mol. The second-order valence-electron chi connectivity index (χ2n) is 6.99. The van der Waals surface area contributed by atoms with Gasteiger partial charge in [0.25, 0.3) is 5.91 Å². The standard InChI is InChI=1S/C24H19ClN4O3/c25-20-8-2-1-7-17(20)19-13-15(10-11-18(19)23(30)29-32)14-27-24(31)28-21-9-3-5-16-6-4-12-26-22(16)21/h1-13,32H,14H2,(H,29,30)(H2,27,28,31). The van der Waals surface area contributed by atoms with Crippen molar-refractivity contribution in [3.63, 3.8) is 0 Å². The van der Waals surface area contributed by atoms with Crippen LogP contribution in [0.3, 0.4) is 0 Å². The zero-order chi connectivity index (χ0) is 22.5. The van der Waals surface area contributed by atoms with Crippen molar-refractivity contribution in [1.29, 1.82) is 0 Å². The minimum Gasteiger partial charge on any atom is -0.334 e. The first kappa shape index (κ1) is 21.3. The molecule has 0 spiro atoms. The molecular weight excluding hydrogens is 428 g/mol. The third-order valence-corrected chi connectivity index (χ3v) is 5.26. The highest BCUT2D eigenvalue weighted by atomic mass is 35.5. The number of hydroxylamine groups is 1. The van der Waals surface area contributed by atoms with Crippen LogP contribution < -0.4 is 16.1 Å². The Morgan fingerprint density at radius 3 is 2.56 bits per heavy atom. The van der Waals surface area contributed by atoms with Gasteiger partial charge in [0.05, 0.1) is 11.2 Å². The first-order valence-corrected chi connectivity index (χ1v) is 10.2. The van der Waals surface area contributed by atoms with E-state index in [2.05, 4.69) is 15.6 Å². The van der Waals surface area contributed by atoms with Crippen molar-refractivity contribution in [1.82, 2.24) is 15.8 Å². The third kappa shape index (κ3) is 4.54. The summed E-state index contributed by atoms with van der Waals surface area (Å²) in [6, 6.07) is 21.0. The topological polar surface area (TPSA) is 103 Å². The minimum atomic E-state index is -0.652. The Bertz CT molecular complexity index is 1300. The van der Waals surface area contributed by atoms with Crippen molar-refractivity contribution >= 4 is 40.1 Å². The molecule has 0 aliphatic carbocycles. The number of rotatable bonds is 5. The van der Waals surface area contributed by atoms with Crippen molar-refractivity contribution in [2.24, 2.45) is 0 Å². The van der Waals surface area contributed by atoms with E-state index >= 15 is 0 Å². The fraction of sp³-hybridized carbons (Fsp3) is 0.0417. The normalized spacial score (nSPS) is 10.6. The fourth-order valence-corrected chi connectivity index (χ4v) is 3.65. The van der Waals surface area contributed by atoms with Gasteiger partial charge in [-0.25, -0.2) is 10.3 Å². The van der Waals surface area contributed by atoms with E-state index in [0.717, 1.165) is 10.9 Å². The maximum atomic E-state index is 12.5. The Morgan fingerprint density at radius 1 is 0.938 bits per heavy atom. The number of pyridine rings is 1. The second-order valence-corrected chi connectivity index (χ2v) is 7.40. The summed E-state index contributed by atoms with van der Waals surface area (Å²) in [6.07, 6.45) is 1.67. The number of halogens is 1. The molecule has 0 aliphatic rings. The van der Waals surface area contributed by atoms with Gasteiger partial charge in [0, 0.05) is 34.3 Å². The van der Waals surface area contributed by atoms with Crippen LogP contribution in [0.15, 0.2) is 79.0 Å². The van der Waals surface area contributed by atoms with E-state index in [0.29, 0.717) is 27.4 Å². The molecule has 1 aromatic heterocycles. The summed E-state index contributed by atoms with van der Waals surface area (Å²) in [5.41, 5.74) is 5.15. The van der Waals surface area contributed by atoms with Gasteiger partial charge in [-0.15, -0.1) is 0 Å². The van der Waals surface area contributed by atoms with Gasteiger partial charge in [-0.3, -0.25) is 15.0 Å². The molecule has 0 aliphatic heterocycles. The lowest BCUT2D eigenvalue weighted by atomic mass is 9.96. The van der Waals surface area contributed by atoms with Crippen molar-refractivity contribution in [3.8, 4) is 11.1 Å². The number of para-hydroxylation sites is 1. The Kier molecular flexibility index (Phi) is 6.30. The van der Waals surface area contributed by atoms with Gasteiger partial charge in [0.1, 0.15) is 0 Å². The largest absolute Gasteiger partial charge is 0.334 e. The molecule has 0 saturated heterocycles. The van der Waals surface area contributed by atoms with Gasteiger partial charge < -0.3 is 10.6 Å². The maximum absolute atomic E-state index is 12.5. The molecule has 0 atom stereocenters. The smallest absolute Gasteiger partial charge is 0.319 e. The molecule has 4 N–H and O–H groups in total. The molecule has 160 valence electrons. The highest BCUT2D eigenvalue weighted by molar-refractivity contribution is 6.33. The van der Waals surface area contributed by atoms with E-state index < -0.39 is 5.91 Å². The number of carbonyl (C=O) groups excluding carboxylic acids is 2. The summed E-state index contributed by atoms with van der Waals surface area (Å²) in [4.78, 5) is 28.9. The molecule has 0 unspecified atom stereocenters. The van der Waals surface area contributed by atoms with E-state index in [4.69, 9.17) is 16.8 Å². The number of anilines is 1. The van der Waals surface area contributed by atoms with E-state index in [9.17, 15) is 9.59 Å². The number of carbonyl (C=O) groups is 2. The number of aromatic nitrogens is 1. The lowest BCUT2D eigenvalue weighted by molar-refractivity contribution is 0.0707. The molecule has 4 rings (SSSR count). The van der Waals surface area contributed by atoms with E-state index in [1.807, 2.05) is 24.3 Å². The number of fused-ring (bicyclic) bond motifs is 1. The first-order valence-electron chi connectivity index (χ1n) is 9.77. The number of urea groups is 1. The summed E-state index contributed by atoms with van der Waals surface area (Å²) in [7, 11) is 0. The van der Waals surface area contributed by atoms with Crippen LogP contribution in [-0.2, 0) is 6.54 Å². The number of benzene rings is 3. The van der Waals surface area contributed by atoms with Crippen molar-refractivity contribution < 1.29 is 14.8 Å². The molecule has 0 fully saturated rings. The Balaban J connectivity index is 1.54. The summed E-state index contributed by atoms with van der Waals surface area (Å²) in [5.74, 6) is -0.652. The molecule has 1 heterocycles. The zero-order valence-corrected chi connectivity index (χ0v) is 17.6. The van der Waals surface area contributed by atoms with Gasteiger partial charge in [-0.2, -0.15) is 0 Å². The van der Waals surface area contributed by atoms with Gasteiger partial charge in [-0.05, 0) is 41.5 Å². The average Bonchev–Trinajstić information content (AvgIpc) is 2.83. The second kappa shape index (κ2) is 9.47. The van der Waals surface area contributed by atoms with Gasteiger partial charge in [0.2, 0.25) is 0 Å². The van der Waals surface area contributed by atoms with Crippen LogP contribution in [0.5, 0.6) is 0 Å². The minimum absolute atomic E-state index is 0.211. The number of nitrogens with zero attached hydrogens (tertiary/aromatic N) is 1. The van der Waals surface area contributed by atoms with E-state index in [1.54, 1.807) is 60.2 Å². The molecule has 7 nitrogen and oxygen atoms in total. The number of hydrogen-bond acceptors (Lipinski definition) is 4. The maximum Gasteiger partial charge on any atom is 0.319 e. The van der Waals surface area contributed by atoms with Crippen molar-refractivity contribution in [2.75, 3.05) is 5.32 Å².